The number of rotatable bonds is 1. The lowest BCUT2D eigenvalue weighted by atomic mass is 10.1. The molecule has 3 rings (SSSR count). The Morgan fingerprint density at radius 1 is 1.10 bits per heavy atom. The van der Waals surface area contributed by atoms with Gasteiger partial charge in [0.1, 0.15) is 16.7 Å². The van der Waals surface area contributed by atoms with Crippen LogP contribution in [0, 0.1) is 3.57 Å². The summed E-state index contributed by atoms with van der Waals surface area (Å²) in [6.45, 7) is 0. The lowest BCUT2D eigenvalue weighted by Crippen LogP contribution is -2.03. The van der Waals surface area contributed by atoms with Crippen molar-refractivity contribution in [3.05, 3.63) is 54.7 Å². The van der Waals surface area contributed by atoms with Crippen LogP contribution in [0.4, 0.5) is 0 Å². The summed E-state index contributed by atoms with van der Waals surface area (Å²) in [5.41, 5.74) is 0.141. The van der Waals surface area contributed by atoms with Gasteiger partial charge in [-0.2, -0.15) is 0 Å². The van der Waals surface area contributed by atoms with E-state index >= 15 is 0 Å². The van der Waals surface area contributed by atoms with Gasteiger partial charge >= 0.3 is 0 Å². The van der Waals surface area contributed by atoms with E-state index in [1.165, 1.54) is 0 Å². The highest BCUT2D eigenvalue weighted by molar-refractivity contribution is 14.1. The summed E-state index contributed by atoms with van der Waals surface area (Å²) < 4.78 is 6.73. The van der Waals surface area contributed by atoms with Crippen LogP contribution in [0.5, 0.6) is 11.5 Å². The van der Waals surface area contributed by atoms with E-state index in [1.807, 2.05) is 28.7 Å². The minimum Gasteiger partial charge on any atom is -0.506 e. The summed E-state index contributed by atoms with van der Waals surface area (Å²) in [4.78, 5) is 12.3. The molecule has 0 saturated heterocycles. The van der Waals surface area contributed by atoms with Gasteiger partial charge in [0.25, 0.3) is 0 Å². The molecule has 0 aliphatic heterocycles. The minimum atomic E-state index is -0.655. The van der Waals surface area contributed by atoms with E-state index in [0.717, 1.165) is 0 Å². The normalized spacial score (nSPS) is 11.0. The monoisotopic (exact) mass is 458 g/mol. The third kappa shape index (κ3) is 2.32. The van der Waals surface area contributed by atoms with Crippen LogP contribution in [0.15, 0.2) is 50.1 Å². The second-order valence-corrected chi connectivity index (χ2v) is 6.30. The van der Waals surface area contributed by atoms with Crippen LogP contribution >= 0.6 is 38.5 Å². The van der Waals surface area contributed by atoms with Crippen molar-refractivity contribution in [2.24, 2.45) is 0 Å². The van der Waals surface area contributed by atoms with E-state index in [2.05, 4.69) is 15.9 Å². The molecule has 0 unspecified atom stereocenters. The number of benzene rings is 2. The highest BCUT2D eigenvalue weighted by Crippen LogP contribution is 2.38. The Hall–Kier alpha value is -1.54. The molecule has 0 saturated carbocycles. The molecule has 2 N–H and O–H groups in total. The first kappa shape index (κ1) is 14.4. The zero-order chi connectivity index (χ0) is 15.1. The van der Waals surface area contributed by atoms with Crippen molar-refractivity contribution in [3.63, 3.8) is 0 Å². The summed E-state index contributed by atoms with van der Waals surface area (Å²) in [7, 11) is 0. The molecule has 1 heterocycles. The third-order valence-corrected chi connectivity index (χ3v) is 5.52. The summed E-state index contributed by atoms with van der Waals surface area (Å²) in [5, 5.41) is 20.2. The Labute approximate surface area is 141 Å². The number of fused-ring (bicyclic) bond motifs is 1. The quantitative estimate of drug-likeness (QED) is 0.535. The SMILES string of the molecule is O=c1c(O)c(-c2ccccc2)oc2cc(Br)c(I)c(O)c12. The molecule has 6 heteroatoms. The van der Waals surface area contributed by atoms with Crippen molar-refractivity contribution < 1.29 is 14.6 Å². The first-order valence-electron chi connectivity index (χ1n) is 5.93. The molecule has 106 valence electrons. The Kier molecular flexibility index (Phi) is 3.66. The average Bonchev–Trinajstić information content (AvgIpc) is 2.49. The number of halogens is 2. The van der Waals surface area contributed by atoms with Crippen molar-refractivity contribution in [2.75, 3.05) is 0 Å². The fraction of sp³-hybridized carbons (Fsp3) is 0. The molecular formula is C15H8BrIO4. The van der Waals surface area contributed by atoms with E-state index in [4.69, 9.17) is 4.42 Å². The van der Waals surface area contributed by atoms with Gasteiger partial charge in [-0.25, -0.2) is 0 Å². The van der Waals surface area contributed by atoms with Crippen LogP contribution in [-0.4, -0.2) is 10.2 Å². The maximum Gasteiger partial charge on any atom is 0.238 e. The van der Waals surface area contributed by atoms with Crippen LogP contribution in [0.2, 0.25) is 0 Å². The van der Waals surface area contributed by atoms with Gasteiger partial charge < -0.3 is 14.6 Å². The molecule has 0 aliphatic carbocycles. The predicted octanol–water partition coefficient (Wildman–Crippen LogP) is 4.24. The topological polar surface area (TPSA) is 70.7 Å². The zero-order valence-electron chi connectivity index (χ0n) is 10.4. The fourth-order valence-corrected chi connectivity index (χ4v) is 2.88. The second-order valence-electron chi connectivity index (χ2n) is 4.37. The Bertz CT molecular complexity index is 903. The second kappa shape index (κ2) is 5.34. The van der Waals surface area contributed by atoms with E-state index < -0.39 is 11.2 Å². The number of phenols is 1. The van der Waals surface area contributed by atoms with Crippen molar-refractivity contribution in [3.8, 4) is 22.8 Å². The van der Waals surface area contributed by atoms with Crippen molar-refractivity contribution in [2.45, 2.75) is 0 Å². The largest absolute Gasteiger partial charge is 0.506 e. The maximum atomic E-state index is 12.3. The molecule has 2 aromatic carbocycles. The van der Waals surface area contributed by atoms with E-state index in [9.17, 15) is 15.0 Å². The zero-order valence-corrected chi connectivity index (χ0v) is 14.2. The summed E-state index contributed by atoms with van der Waals surface area (Å²) >= 11 is 5.21. The number of phenolic OH excluding ortho intramolecular Hbond substituents is 1. The van der Waals surface area contributed by atoms with Gasteiger partial charge in [-0.3, -0.25) is 4.79 Å². The molecule has 3 aromatic rings. The maximum absolute atomic E-state index is 12.3. The van der Waals surface area contributed by atoms with Crippen molar-refractivity contribution >= 4 is 49.5 Å². The fourth-order valence-electron chi connectivity index (χ4n) is 2.06. The predicted molar refractivity (Wildman–Crippen MR) is 91.7 cm³/mol. The molecular weight excluding hydrogens is 451 g/mol. The summed E-state index contributed by atoms with van der Waals surface area (Å²) in [5.74, 6) is -0.633. The molecule has 0 bridgehead atoms. The Balaban J connectivity index is 2.44. The molecule has 1 aromatic heterocycles. The van der Waals surface area contributed by atoms with Gasteiger partial charge in [-0.15, -0.1) is 0 Å². The lowest BCUT2D eigenvalue weighted by molar-refractivity contribution is 0.444. The standard InChI is InChI=1S/C15H8BrIO4/c16-8-6-9-10(12(18)11(8)17)13(19)14(20)15(21-9)7-4-2-1-3-5-7/h1-6,18,20H. The molecule has 0 atom stereocenters. The third-order valence-electron chi connectivity index (χ3n) is 3.06. The van der Waals surface area contributed by atoms with Crippen molar-refractivity contribution in [1.82, 2.24) is 0 Å². The highest BCUT2D eigenvalue weighted by Gasteiger charge is 2.20. The number of aromatic hydroxyl groups is 2. The average molecular weight is 459 g/mol. The van der Waals surface area contributed by atoms with Crippen LogP contribution in [0.25, 0.3) is 22.3 Å². The number of hydrogen-bond acceptors (Lipinski definition) is 4. The van der Waals surface area contributed by atoms with Gasteiger partial charge in [-0.05, 0) is 44.6 Å². The van der Waals surface area contributed by atoms with Gasteiger partial charge in [0, 0.05) is 10.0 Å². The molecule has 0 fully saturated rings. The highest BCUT2D eigenvalue weighted by atomic mass is 127. The van der Waals surface area contributed by atoms with Gasteiger partial charge in [0.15, 0.2) is 5.76 Å². The van der Waals surface area contributed by atoms with E-state index in [1.54, 1.807) is 30.3 Å². The Morgan fingerprint density at radius 2 is 1.76 bits per heavy atom. The van der Waals surface area contributed by atoms with E-state index in [0.29, 0.717) is 13.6 Å². The minimum absolute atomic E-state index is 0.0280. The van der Waals surface area contributed by atoms with Crippen LogP contribution < -0.4 is 5.43 Å². The summed E-state index contributed by atoms with van der Waals surface area (Å²) in [6, 6.07) is 10.4. The van der Waals surface area contributed by atoms with E-state index in [-0.39, 0.29) is 22.5 Å². The van der Waals surface area contributed by atoms with Crippen LogP contribution in [0.1, 0.15) is 0 Å². The van der Waals surface area contributed by atoms with Gasteiger partial charge in [0.05, 0.1) is 3.57 Å². The molecule has 21 heavy (non-hydrogen) atoms. The lowest BCUT2D eigenvalue weighted by Gasteiger charge is -2.09. The first-order chi connectivity index (χ1) is 10.0. The first-order valence-corrected chi connectivity index (χ1v) is 7.80. The van der Waals surface area contributed by atoms with Gasteiger partial charge in [0.2, 0.25) is 11.2 Å². The molecule has 0 spiro atoms. The molecule has 0 radical (unpaired) electrons. The Morgan fingerprint density at radius 3 is 2.43 bits per heavy atom. The van der Waals surface area contributed by atoms with Crippen LogP contribution in [-0.2, 0) is 0 Å². The smallest absolute Gasteiger partial charge is 0.238 e. The molecule has 0 amide bonds. The number of hydrogen-bond donors (Lipinski definition) is 2. The van der Waals surface area contributed by atoms with Crippen LogP contribution in [0.3, 0.4) is 0 Å². The molecule has 0 aliphatic rings. The van der Waals surface area contributed by atoms with Gasteiger partial charge in [-0.1, -0.05) is 30.3 Å². The van der Waals surface area contributed by atoms with Crippen molar-refractivity contribution in [1.29, 1.82) is 0 Å². The molecule has 4 nitrogen and oxygen atoms in total. The summed E-state index contributed by atoms with van der Waals surface area (Å²) in [6.07, 6.45) is 0.